The van der Waals surface area contributed by atoms with Crippen LogP contribution in [0.3, 0.4) is 0 Å². The van der Waals surface area contributed by atoms with E-state index in [0.29, 0.717) is 0 Å². The van der Waals surface area contributed by atoms with Gasteiger partial charge in [-0.05, 0) is 19.2 Å². The van der Waals surface area contributed by atoms with Gasteiger partial charge in [0.05, 0.1) is 0 Å². The Morgan fingerprint density at radius 2 is 1.06 bits per heavy atom. The molecule has 82 valence electrons. The second kappa shape index (κ2) is 5.79. The molecular weight excluding hydrogens is 213 g/mol. The van der Waals surface area contributed by atoms with Gasteiger partial charge in [0, 0.05) is 12.3 Å². The SMILES string of the molecule is NP(Cc1ccccc1)Cc1ccccc1. The van der Waals surface area contributed by atoms with Crippen LogP contribution in [0, 0.1) is 0 Å². The first-order valence-electron chi connectivity index (χ1n) is 5.42. The molecule has 0 unspecified atom stereocenters. The Kier molecular flexibility index (Phi) is 4.10. The van der Waals surface area contributed by atoms with Crippen molar-refractivity contribution in [3.8, 4) is 0 Å². The first-order chi connectivity index (χ1) is 7.84. The van der Waals surface area contributed by atoms with E-state index >= 15 is 0 Å². The zero-order chi connectivity index (χ0) is 11.2. The monoisotopic (exact) mass is 229 g/mol. The normalized spacial score (nSPS) is 10.6. The molecule has 0 aliphatic heterocycles. The maximum absolute atomic E-state index is 6.20. The molecule has 0 heterocycles. The quantitative estimate of drug-likeness (QED) is 0.794. The molecule has 0 aliphatic rings. The van der Waals surface area contributed by atoms with Gasteiger partial charge in [-0.3, -0.25) is 0 Å². The first kappa shape index (κ1) is 11.3. The van der Waals surface area contributed by atoms with Crippen LogP contribution in [0.1, 0.15) is 11.1 Å². The predicted octanol–water partition coefficient (Wildman–Crippen LogP) is 3.74. The topological polar surface area (TPSA) is 26.0 Å². The summed E-state index contributed by atoms with van der Waals surface area (Å²) in [7, 11) is -0.433. The maximum atomic E-state index is 6.20. The highest BCUT2D eigenvalue weighted by molar-refractivity contribution is 7.53. The van der Waals surface area contributed by atoms with Gasteiger partial charge in [0.25, 0.3) is 0 Å². The Labute approximate surface area is 98.1 Å². The molecule has 0 amide bonds. The summed E-state index contributed by atoms with van der Waals surface area (Å²) in [6.07, 6.45) is 2.01. The highest BCUT2D eigenvalue weighted by Gasteiger charge is 2.04. The van der Waals surface area contributed by atoms with Gasteiger partial charge in [-0.1, -0.05) is 60.7 Å². The summed E-state index contributed by atoms with van der Waals surface area (Å²) in [5.74, 6) is 0. The molecule has 2 aromatic carbocycles. The van der Waals surface area contributed by atoms with E-state index in [-0.39, 0.29) is 0 Å². The molecule has 2 rings (SSSR count). The highest BCUT2D eigenvalue weighted by atomic mass is 31.1. The van der Waals surface area contributed by atoms with Crippen molar-refractivity contribution in [2.75, 3.05) is 0 Å². The van der Waals surface area contributed by atoms with E-state index in [1.54, 1.807) is 0 Å². The summed E-state index contributed by atoms with van der Waals surface area (Å²) in [5, 5.41) is 0. The minimum Gasteiger partial charge on any atom is -0.309 e. The average molecular weight is 229 g/mol. The molecule has 2 N–H and O–H groups in total. The van der Waals surface area contributed by atoms with Crippen molar-refractivity contribution in [3.63, 3.8) is 0 Å². The van der Waals surface area contributed by atoms with Crippen molar-refractivity contribution in [3.05, 3.63) is 71.8 Å². The van der Waals surface area contributed by atoms with Crippen molar-refractivity contribution in [1.29, 1.82) is 0 Å². The lowest BCUT2D eigenvalue weighted by Crippen LogP contribution is -1.96. The van der Waals surface area contributed by atoms with Crippen molar-refractivity contribution in [1.82, 2.24) is 0 Å². The fourth-order valence-corrected chi connectivity index (χ4v) is 3.16. The lowest BCUT2D eigenvalue weighted by atomic mass is 10.2. The first-order valence-corrected chi connectivity index (χ1v) is 7.20. The zero-order valence-corrected chi connectivity index (χ0v) is 10.1. The minimum absolute atomic E-state index is 0.433. The van der Waals surface area contributed by atoms with Crippen LogP contribution < -0.4 is 5.50 Å². The van der Waals surface area contributed by atoms with Gasteiger partial charge < -0.3 is 5.50 Å². The van der Waals surface area contributed by atoms with Crippen molar-refractivity contribution in [2.45, 2.75) is 12.3 Å². The number of nitrogens with two attached hydrogens (primary N) is 1. The van der Waals surface area contributed by atoms with Crippen LogP contribution in [0.2, 0.25) is 0 Å². The lowest BCUT2D eigenvalue weighted by molar-refractivity contribution is 1.31. The van der Waals surface area contributed by atoms with Gasteiger partial charge in [0.2, 0.25) is 0 Å². The Balaban J connectivity index is 1.92. The molecule has 2 heteroatoms. The summed E-state index contributed by atoms with van der Waals surface area (Å²) >= 11 is 0. The average Bonchev–Trinajstić information content (AvgIpc) is 2.31. The minimum atomic E-state index is -0.433. The molecular formula is C14H16NP. The molecule has 16 heavy (non-hydrogen) atoms. The van der Waals surface area contributed by atoms with Gasteiger partial charge in [0.1, 0.15) is 0 Å². The van der Waals surface area contributed by atoms with Crippen LogP contribution >= 0.6 is 8.07 Å². The summed E-state index contributed by atoms with van der Waals surface area (Å²) < 4.78 is 0. The molecule has 0 aliphatic carbocycles. The molecule has 0 radical (unpaired) electrons. The van der Waals surface area contributed by atoms with E-state index < -0.39 is 8.07 Å². The third-order valence-electron chi connectivity index (χ3n) is 2.46. The Hall–Kier alpha value is -1.17. The molecule has 0 spiro atoms. The predicted molar refractivity (Wildman–Crippen MR) is 71.4 cm³/mol. The molecule has 0 fully saturated rings. The number of rotatable bonds is 4. The summed E-state index contributed by atoms with van der Waals surface area (Å²) in [4.78, 5) is 0. The van der Waals surface area contributed by atoms with E-state index in [1.807, 2.05) is 12.1 Å². The van der Waals surface area contributed by atoms with Crippen molar-refractivity contribution in [2.24, 2.45) is 5.50 Å². The van der Waals surface area contributed by atoms with Crippen LogP contribution in [0.25, 0.3) is 0 Å². The van der Waals surface area contributed by atoms with Crippen LogP contribution in [-0.4, -0.2) is 0 Å². The number of hydrogen-bond donors (Lipinski definition) is 1. The van der Waals surface area contributed by atoms with Gasteiger partial charge in [-0.15, -0.1) is 0 Å². The lowest BCUT2D eigenvalue weighted by Gasteiger charge is -2.11. The van der Waals surface area contributed by atoms with Crippen molar-refractivity contribution >= 4 is 8.07 Å². The van der Waals surface area contributed by atoms with Gasteiger partial charge in [0.15, 0.2) is 0 Å². The van der Waals surface area contributed by atoms with Gasteiger partial charge in [-0.25, -0.2) is 0 Å². The van der Waals surface area contributed by atoms with Gasteiger partial charge >= 0.3 is 0 Å². The van der Waals surface area contributed by atoms with Crippen LogP contribution in [0.15, 0.2) is 60.7 Å². The van der Waals surface area contributed by atoms with Crippen LogP contribution in [0.5, 0.6) is 0 Å². The van der Waals surface area contributed by atoms with E-state index in [1.165, 1.54) is 11.1 Å². The summed E-state index contributed by atoms with van der Waals surface area (Å²) in [6, 6.07) is 20.9. The third-order valence-corrected chi connectivity index (χ3v) is 4.00. The number of benzene rings is 2. The fraction of sp³-hybridized carbons (Fsp3) is 0.143. The fourth-order valence-electron chi connectivity index (χ4n) is 1.69. The molecule has 0 saturated heterocycles. The third kappa shape index (κ3) is 3.44. The molecule has 1 nitrogen and oxygen atoms in total. The Morgan fingerprint density at radius 3 is 1.44 bits per heavy atom. The second-order valence-electron chi connectivity index (χ2n) is 3.88. The molecule has 0 aromatic heterocycles. The zero-order valence-electron chi connectivity index (χ0n) is 9.21. The van der Waals surface area contributed by atoms with Crippen molar-refractivity contribution < 1.29 is 0 Å². The standard InChI is InChI=1S/C14H16NP/c15-16(11-13-7-3-1-4-8-13)12-14-9-5-2-6-10-14/h1-10H,11-12,15H2. The second-order valence-corrected chi connectivity index (χ2v) is 5.69. The summed E-state index contributed by atoms with van der Waals surface area (Å²) in [5.41, 5.74) is 8.88. The molecule has 2 aromatic rings. The molecule has 0 atom stereocenters. The van der Waals surface area contributed by atoms with E-state index in [0.717, 1.165) is 12.3 Å². The maximum Gasteiger partial charge on any atom is 0.00590 e. The van der Waals surface area contributed by atoms with E-state index in [9.17, 15) is 0 Å². The smallest absolute Gasteiger partial charge is 0.00590 e. The largest absolute Gasteiger partial charge is 0.309 e. The van der Waals surface area contributed by atoms with Crippen LogP contribution in [0.4, 0.5) is 0 Å². The van der Waals surface area contributed by atoms with E-state index in [4.69, 9.17) is 5.50 Å². The summed E-state index contributed by atoms with van der Waals surface area (Å²) in [6.45, 7) is 0. The van der Waals surface area contributed by atoms with E-state index in [2.05, 4.69) is 48.5 Å². The number of hydrogen-bond acceptors (Lipinski definition) is 1. The molecule has 0 saturated carbocycles. The highest BCUT2D eigenvalue weighted by Crippen LogP contribution is 2.34. The van der Waals surface area contributed by atoms with Crippen LogP contribution in [-0.2, 0) is 12.3 Å². The Morgan fingerprint density at radius 1 is 0.688 bits per heavy atom. The molecule has 0 bridgehead atoms. The van der Waals surface area contributed by atoms with Gasteiger partial charge in [-0.2, -0.15) is 0 Å². The Bertz CT molecular complexity index is 372.